The Bertz CT molecular complexity index is 307. The summed E-state index contributed by atoms with van der Waals surface area (Å²) < 4.78 is 5.74. The predicted molar refractivity (Wildman–Crippen MR) is 78.3 cm³/mol. The summed E-state index contributed by atoms with van der Waals surface area (Å²) >= 11 is 0. The first-order valence-electron chi connectivity index (χ1n) is 7.21. The zero-order valence-electron chi connectivity index (χ0n) is 12.0. The van der Waals surface area contributed by atoms with Gasteiger partial charge in [0.25, 0.3) is 0 Å². The van der Waals surface area contributed by atoms with Crippen molar-refractivity contribution in [2.24, 2.45) is 0 Å². The van der Waals surface area contributed by atoms with Gasteiger partial charge in [-0.1, -0.05) is 32.4 Å². The quantitative estimate of drug-likeness (QED) is 0.672. The van der Waals surface area contributed by atoms with Gasteiger partial charge >= 0.3 is 0 Å². The molecule has 1 rings (SSSR count). The van der Waals surface area contributed by atoms with E-state index >= 15 is 0 Å². The molecule has 0 aliphatic carbocycles. The fourth-order valence-electron chi connectivity index (χ4n) is 2.07. The third kappa shape index (κ3) is 6.06. The largest absolute Gasteiger partial charge is 0.494 e. The van der Waals surface area contributed by atoms with Crippen molar-refractivity contribution in [2.45, 2.75) is 52.5 Å². The highest BCUT2D eigenvalue weighted by Crippen LogP contribution is 2.13. The molecule has 0 radical (unpaired) electrons. The maximum absolute atomic E-state index is 5.74. The Morgan fingerprint density at radius 3 is 2.50 bits per heavy atom. The van der Waals surface area contributed by atoms with E-state index in [0.29, 0.717) is 6.04 Å². The van der Waals surface area contributed by atoms with Crippen LogP contribution in [0.2, 0.25) is 0 Å². The van der Waals surface area contributed by atoms with E-state index in [0.717, 1.165) is 31.7 Å². The molecule has 2 nitrogen and oxygen atoms in total. The minimum Gasteiger partial charge on any atom is -0.494 e. The summed E-state index contributed by atoms with van der Waals surface area (Å²) in [5.41, 5.74) is 1.39. The third-order valence-electron chi connectivity index (χ3n) is 3.06. The molecule has 0 aliphatic rings. The maximum atomic E-state index is 5.74. The lowest BCUT2D eigenvalue weighted by molar-refractivity contribution is 0.298. The second kappa shape index (κ2) is 8.98. The Balaban J connectivity index is 2.19. The van der Waals surface area contributed by atoms with E-state index in [1.165, 1.54) is 18.4 Å². The number of hydrogen-bond acceptors (Lipinski definition) is 2. The van der Waals surface area contributed by atoms with E-state index < -0.39 is 0 Å². The molecule has 0 aromatic heterocycles. The maximum Gasteiger partial charge on any atom is 0.119 e. The van der Waals surface area contributed by atoms with Crippen LogP contribution in [0.25, 0.3) is 0 Å². The molecule has 0 heterocycles. The van der Waals surface area contributed by atoms with Gasteiger partial charge in [-0.15, -0.1) is 0 Å². The molecule has 1 atom stereocenters. The van der Waals surface area contributed by atoms with E-state index in [1.807, 2.05) is 0 Å². The molecular formula is C16H27NO. The van der Waals surface area contributed by atoms with Crippen LogP contribution in [0.4, 0.5) is 0 Å². The second-order valence-corrected chi connectivity index (χ2v) is 4.84. The summed E-state index contributed by atoms with van der Waals surface area (Å²) in [6, 6.07) is 9.09. The fraction of sp³-hybridized carbons (Fsp3) is 0.625. The van der Waals surface area contributed by atoms with Crippen LogP contribution in [0.3, 0.4) is 0 Å². The normalized spacial score (nSPS) is 12.4. The minimum absolute atomic E-state index is 0.588. The van der Waals surface area contributed by atoms with Gasteiger partial charge in [0.1, 0.15) is 5.75 Å². The molecule has 1 aromatic carbocycles. The first-order valence-corrected chi connectivity index (χ1v) is 7.21. The van der Waals surface area contributed by atoms with E-state index in [9.17, 15) is 0 Å². The molecule has 1 unspecified atom stereocenters. The molecule has 0 spiro atoms. The van der Waals surface area contributed by atoms with E-state index in [1.54, 1.807) is 0 Å². The Morgan fingerprint density at radius 1 is 1.17 bits per heavy atom. The highest BCUT2D eigenvalue weighted by atomic mass is 16.5. The molecule has 1 N–H and O–H groups in total. The van der Waals surface area contributed by atoms with Crippen molar-refractivity contribution in [3.05, 3.63) is 29.8 Å². The molecule has 0 aliphatic heterocycles. The van der Waals surface area contributed by atoms with Crippen LogP contribution >= 0.6 is 0 Å². The first-order chi connectivity index (χ1) is 8.76. The van der Waals surface area contributed by atoms with Gasteiger partial charge in [0, 0.05) is 6.04 Å². The van der Waals surface area contributed by atoms with Gasteiger partial charge in [-0.2, -0.15) is 0 Å². The van der Waals surface area contributed by atoms with Crippen molar-refractivity contribution in [3.63, 3.8) is 0 Å². The second-order valence-electron chi connectivity index (χ2n) is 4.84. The predicted octanol–water partition coefficient (Wildman–Crippen LogP) is 3.80. The van der Waals surface area contributed by atoms with Gasteiger partial charge in [0.15, 0.2) is 0 Å². The average molecular weight is 249 g/mol. The summed E-state index contributed by atoms with van der Waals surface area (Å²) in [6.45, 7) is 8.42. The van der Waals surface area contributed by atoms with Crippen LogP contribution in [-0.4, -0.2) is 19.2 Å². The Kier molecular flexibility index (Phi) is 7.51. The SMILES string of the molecule is CCCc1ccc(OCCCC(C)NCC)cc1. The fourth-order valence-corrected chi connectivity index (χ4v) is 2.07. The van der Waals surface area contributed by atoms with Crippen molar-refractivity contribution in [1.82, 2.24) is 5.32 Å². The van der Waals surface area contributed by atoms with Gasteiger partial charge in [-0.25, -0.2) is 0 Å². The van der Waals surface area contributed by atoms with E-state index in [4.69, 9.17) is 4.74 Å². The lowest BCUT2D eigenvalue weighted by atomic mass is 10.1. The van der Waals surface area contributed by atoms with Gasteiger partial charge in [0.2, 0.25) is 0 Å². The Morgan fingerprint density at radius 2 is 1.89 bits per heavy atom. The van der Waals surface area contributed by atoms with Crippen LogP contribution < -0.4 is 10.1 Å². The van der Waals surface area contributed by atoms with Crippen molar-refractivity contribution in [1.29, 1.82) is 0 Å². The smallest absolute Gasteiger partial charge is 0.119 e. The zero-order chi connectivity index (χ0) is 13.2. The third-order valence-corrected chi connectivity index (χ3v) is 3.06. The van der Waals surface area contributed by atoms with Crippen LogP contribution in [0, 0.1) is 0 Å². The minimum atomic E-state index is 0.588. The first kappa shape index (κ1) is 15.0. The van der Waals surface area contributed by atoms with Gasteiger partial charge in [0.05, 0.1) is 6.61 Å². The Hall–Kier alpha value is -1.02. The summed E-state index contributed by atoms with van der Waals surface area (Å²) in [5.74, 6) is 0.992. The average Bonchev–Trinajstić information content (AvgIpc) is 2.37. The van der Waals surface area contributed by atoms with Gasteiger partial charge < -0.3 is 10.1 Å². The number of hydrogen-bond donors (Lipinski definition) is 1. The molecule has 0 saturated carbocycles. The molecule has 18 heavy (non-hydrogen) atoms. The number of ether oxygens (including phenoxy) is 1. The van der Waals surface area contributed by atoms with Crippen LogP contribution in [-0.2, 0) is 6.42 Å². The topological polar surface area (TPSA) is 21.3 Å². The lowest BCUT2D eigenvalue weighted by Gasteiger charge is -2.12. The van der Waals surface area contributed by atoms with Gasteiger partial charge in [-0.3, -0.25) is 0 Å². The molecule has 1 aromatic rings. The highest BCUT2D eigenvalue weighted by molar-refractivity contribution is 5.27. The molecule has 0 amide bonds. The highest BCUT2D eigenvalue weighted by Gasteiger charge is 2.00. The van der Waals surface area contributed by atoms with E-state index in [2.05, 4.69) is 50.4 Å². The Labute approximate surface area is 112 Å². The summed E-state index contributed by atoms with van der Waals surface area (Å²) in [7, 11) is 0. The molecule has 0 saturated heterocycles. The van der Waals surface area contributed by atoms with Crippen LogP contribution in [0.5, 0.6) is 5.75 Å². The monoisotopic (exact) mass is 249 g/mol. The summed E-state index contributed by atoms with van der Waals surface area (Å²) in [6.07, 6.45) is 4.62. The standard InChI is InChI=1S/C16H27NO/c1-4-7-15-9-11-16(12-10-15)18-13-6-8-14(3)17-5-2/h9-12,14,17H,4-8,13H2,1-3H3. The number of aryl methyl sites for hydroxylation is 1. The molecular weight excluding hydrogens is 222 g/mol. The number of benzene rings is 1. The zero-order valence-corrected chi connectivity index (χ0v) is 12.0. The van der Waals surface area contributed by atoms with Crippen LogP contribution in [0.1, 0.15) is 45.6 Å². The number of rotatable bonds is 9. The molecule has 102 valence electrons. The number of nitrogens with one attached hydrogen (secondary N) is 1. The molecule has 2 heteroatoms. The molecule has 0 fully saturated rings. The summed E-state index contributed by atoms with van der Waals surface area (Å²) in [4.78, 5) is 0. The van der Waals surface area contributed by atoms with Crippen molar-refractivity contribution < 1.29 is 4.74 Å². The van der Waals surface area contributed by atoms with Crippen molar-refractivity contribution in [3.8, 4) is 5.75 Å². The van der Waals surface area contributed by atoms with Crippen molar-refractivity contribution >= 4 is 0 Å². The van der Waals surface area contributed by atoms with Gasteiger partial charge in [-0.05, 0) is 50.4 Å². The summed E-state index contributed by atoms with van der Waals surface area (Å²) in [5, 5.41) is 3.41. The lowest BCUT2D eigenvalue weighted by Crippen LogP contribution is -2.25. The van der Waals surface area contributed by atoms with E-state index in [-0.39, 0.29) is 0 Å². The van der Waals surface area contributed by atoms with Crippen molar-refractivity contribution in [2.75, 3.05) is 13.2 Å². The van der Waals surface area contributed by atoms with Crippen LogP contribution in [0.15, 0.2) is 24.3 Å². The molecule has 0 bridgehead atoms.